The number of nitrogens with one attached hydrogen (secondary N) is 1. The molecule has 2 aromatic heterocycles. The number of aliphatic carboxylic acids is 1. The number of furan rings is 1. The van der Waals surface area contributed by atoms with Gasteiger partial charge in [-0.2, -0.15) is 0 Å². The summed E-state index contributed by atoms with van der Waals surface area (Å²) in [5, 5.41) is 11.7. The van der Waals surface area contributed by atoms with Crippen LogP contribution in [0.25, 0.3) is 11.1 Å². The normalized spacial score (nSPS) is 11.7. The van der Waals surface area contributed by atoms with Crippen LogP contribution in [0, 0.1) is 0 Å². The third-order valence-corrected chi connectivity index (χ3v) is 3.84. The highest BCUT2D eigenvalue weighted by atomic mass is 16.5. The fourth-order valence-electron chi connectivity index (χ4n) is 2.42. The van der Waals surface area contributed by atoms with E-state index in [0.717, 1.165) is 11.1 Å². The van der Waals surface area contributed by atoms with Crippen LogP contribution in [-0.4, -0.2) is 34.6 Å². The third kappa shape index (κ3) is 5.02. The van der Waals surface area contributed by atoms with Crippen LogP contribution in [0.4, 0.5) is 0 Å². The quantitative estimate of drug-likeness (QED) is 0.636. The number of amides is 1. The molecule has 0 aliphatic heterocycles. The van der Waals surface area contributed by atoms with Crippen molar-refractivity contribution >= 4 is 11.9 Å². The monoisotopic (exact) mass is 366 g/mol. The lowest BCUT2D eigenvalue weighted by Crippen LogP contribution is -2.43. The number of hydrogen-bond donors (Lipinski definition) is 2. The minimum Gasteiger partial charge on any atom is -0.480 e. The highest BCUT2D eigenvalue weighted by molar-refractivity contribution is 5.95. The lowest BCUT2D eigenvalue weighted by Gasteiger charge is -2.14. The number of pyridine rings is 1. The molecule has 0 saturated heterocycles. The van der Waals surface area contributed by atoms with E-state index in [9.17, 15) is 14.7 Å². The topological polar surface area (TPSA) is 102 Å². The Morgan fingerprint density at radius 2 is 1.85 bits per heavy atom. The summed E-state index contributed by atoms with van der Waals surface area (Å²) in [6.07, 6.45) is 4.70. The fraction of sp³-hybridized carbons (Fsp3) is 0.150. The minimum atomic E-state index is -1.18. The molecule has 7 heteroatoms. The van der Waals surface area contributed by atoms with Crippen molar-refractivity contribution in [1.82, 2.24) is 10.3 Å². The van der Waals surface area contributed by atoms with Crippen LogP contribution in [-0.2, 0) is 16.1 Å². The summed E-state index contributed by atoms with van der Waals surface area (Å²) in [4.78, 5) is 27.6. The van der Waals surface area contributed by atoms with E-state index in [1.165, 1.54) is 6.26 Å². The maximum Gasteiger partial charge on any atom is 0.328 e. The van der Waals surface area contributed by atoms with Gasteiger partial charge in [-0.1, -0.05) is 30.3 Å². The summed E-state index contributed by atoms with van der Waals surface area (Å²) in [6.45, 7) is 0.0985. The maximum absolute atomic E-state index is 12.3. The fourth-order valence-corrected chi connectivity index (χ4v) is 2.42. The van der Waals surface area contributed by atoms with Crippen molar-refractivity contribution in [1.29, 1.82) is 0 Å². The van der Waals surface area contributed by atoms with E-state index < -0.39 is 17.9 Å². The van der Waals surface area contributed by atoms with Gasteiger partial charge in [0.05, 0.1) is 19.5 Å². The van der Waals surface area contributed by atoms with Gasteiger partial charge in [-0.05, 0) is 29.3 Å². The van der Waals surface area contributed by atoms with Crippen molar-refractivity contribution in [3.63, 3.8) is 0 Å². The number of hydrogen-bond acceptors (Lipinski definition) is 5. The second-order valence-electron chi connectivity index (χ2n) is 5.80. The first kappa shape index (κ1) is 18.3. The van der Waals surface area contributed by atoms with E-state index in [4.69, 9.17) is 9.15 Å². The number of benzene rings is 1. The Labute approximate surface area is 155 Å². The van der Waals surface area contributed by atoms with Crippen molar-refractivity contribution in [2.75, 3.05) is 6.61 Å². The molecule has 1 atom stereocenters. The smallest absolute Gasteiger partial charge is 0.328 e. The molecule has 2 N–H and O–H groups in total. The maximum atomic E-state index is 12.3. The van der Waals surface area contributed by atoms with E-state index in [1.54, 1.807) is 30.6 Å². The summed E-state index contributed by atoms with van der Waals surface area (Å²) in [5.41, 5.74) is 2.46. The van der Waals surface area contributed by atoms with E-state index in [2.05, 4.69) is 10.3 Å². The highest BCUT2D eigenvalue weighted by Crippen LogP contribution is 2.21. The first-order valence-corrected chi connectivity index (χ1v) is 8.28. The standard InChI is InChI=1S/C20H18N2O5/c23-19(18-10-16(12-27-18)15-6-8-21-9-7-15)22-17(20(24)25)13-26-11-14-4-2-1-3-5-14/h1-10,12,17H,11,13H2,(H,22,23)(H,24,25)/t17-/m0/s1. The van der Waals surface area contributed by atoms with Crippen molar-refractivity contribution in [3.8, 4) is 11.1 Å². The van der Waals surface area contributed by atoms with E-state index in [-0.39, 0.29) is 19.0 Å². The number of carboxylic acids is 1. The molecular formula is C20H18N2O5. The Kier molecular flexibility index (Phi) is 5.96. The molecule has 2 heterocycles. The lowest BCUT2D eigenvalue weighted by molar-refractivity contribution is -0.141. The van der Waals surface area contributed by atoms with Crippen LogP contribution in [0.1, 0.15) is 16.1 Å². The molecule has 0 fully saturated rings. The number of rotatable bonds is 8. The number of carbonyl (C=O) groups excluding carboxylic acids is 1. The Hall–Kier alpha value is -3.45. The molecule has 1 aromatic carbocycles. The molecule has 1 amide bonds. The molecule has 27 heavy (non-hydrogen) atoms. The Morgan fingerprint density at radius 1 is 1.11 bits per heavy atom. The van der Waals surface area contributed by atoms with Crippen molar-refractivity contribution in [2.24, 2.45) is 0 Å². The number of nitrogens with zero attached hydrogens (tertiary/aromatic N) is 1. The number of ether oxygens (including phenoxy) is 1. The average molecular weight is 366 g/mol. The van der Waals surface area contributed by atoms with Gasteiger partial charge in [0.1, 0.15) is 0 Å². The SMILES string of the molecule is O=C(N[C@@H](COCc1ccccc1)C(=O)O)c1cc(-c2ccncc2)co1. The zero-order valence-corrected chi connectivity index (χ0v) is 14.4. The average Bonchev–Trinajstić information content (AvgIpc) is 3.19. The molecule has 3 rings (SSSR count). The van der Waals surface area contributed by atoms with Gasteiger partial charge in [0, 0.05) is 18.0 Å². The molecule has 138 valence electrons. The molecule has 7 nitrogen and oxygen atoms in total. The molecule has 0 radical (unpaired) electrons. The van der Waals surface area contributed by atoms with Crippen molar-refractivity contribution in [3.05, 3.63) is 78.5 Å². The van der Waals surface area contributed by atoms with E-state index in [0.29, 0.717) is 5.56 Å². The largest absolute Gasteiger partial charge is 0.480 e. The highest BCUT2D eigenvalue weighted by Gasteiger charge is 2.23. The molecule has 0 spiro atoms. The van der Waals surface area contributed by atoms with Gasteiger partial charge >= 0.3 is 5.97 Å². The van der Waals surface area contributed by atoms with Crippen LogP contribution in [0.5, 0.6) is 0 Å². The van der Waals surface area contributed by atoms with Crippen LogP contribution in [0.15, 0.2) is 71.6 Å². The molecule has 0 aliphatic rings. The number of carbonyl (C=O) groups is 2. The zero-order chi connectivity index (χ0) is 19.1. The summed E-state index contributed by atoms with van der Waals surface area (Å²) in [6, 6.07) is 13.3. The third-order valence-electron chi connectivity index (χ3n) is 3.84. The van der Waals surface area contributed by atoms with Gasteiger partial charge < -0.3 is 19.6 Å². The van der Waals surface area contributed by atoms with Crippen LogP contribution >= 0.6 is 0 Å². The first-order valence-electron chi connectivity index (χ1n) is 8.28. The number of aromatic nitrogens is 1. The predicted octanol–water partition coefficient (Wildman–Crippen LogP) is 2.74. The van der Waals surface area contributed by atoms with Gasteiger partial charge in [0.25, 0.3) is 5.91 Å². The Morgan fingerprint density at radius 3 is 2.56 bits per heavy atom. The Bertz CT molecular complexity index is 893. The lowest BCUT2D eigenvalue weighted by atomic mass is 10.1. The molecule has 0 bridgehead atoms. The second kappa shape index (κ2) is 8.77. The molecule has 3 aromatic rings. The minimum absolute atomic E-state index is 0.0242. The summed E-state index contributed by atoms with van der Waals surface area (Å²) in [7, 11) is 0. The number of carboxylic acid groups (broad SMARTS) is 1. The summed E-state index contributed by atoms with van der Waals surface area (Å²) < 4.78 is 10.7. The van der Waals surface area contributed by atoms with Crippen LogP contribution in [0.3, 0.4) is 0 Å². The summed E-state index contributed by atoms with van der Waals surface area (Å²) >= 11 is 0. The molecule has 0 saturated carbocycles. The van der Waals surface area contributed by atoms with Gasteiger partial charge in [0.15, 0.2) is 11.8 Å². The predicted molar refractivity (Wildman–Crippen MR) is 96.9 cm³/mol. The van der Waals surface area contributed by atoms with E-state index >= 15 is 0 Å². The first-order chi connectivity index (χ1) is 13.1. The zero-order valence-electron chi connectivity index (χ0n) is 14.4. The molecule has 0 aliphatic carbocycles. The van der Waals surface area contributed by atoms with Gasteiger partial charge in [-0.25, -0.2) is 4.79 Å². The Balaban J connectivity index is 1.58. The van der Waals surface area contributed by atoms with Crippen LogP contribution in [0.2, 0.25) is 0 Å². The van der Waals surface area contributed by atoms with Crippen molar-refractivity contribution < 1.29 is 23.8 Å². The van der Waals surface area contributed by atoms with Gasteiger partial charge in [0.2, 0.25) is 0 Å². The van der Waals surface area contributed by atoms with Gasteiger partial charge in [-0.3, -0.25) is 9.78 Å². The molecule has 0 unspecified atom stereocenters. The van der Waals surface area contributed by atoms with Gasteiger partial charge in [-0.15, -0.1) is 0 Å². The van der Waals surface area contributed by atoms with E-state index in [1.807, 2.05) is 30.3 Å². The van der Waals surface area contributed by atoms with Crippen LogP contribution < -0.4 is 5.32 Å². The van der Waals surface area contributed by atoms with Crippen molar-refractivity contribution in [2.45, 2.75) is 12.6 Å². The second-order valence-corrected chi connectivity index (χ2v) is 5.80. The molecular weight excluding hydrogens is 348 g/mol. The summed E-state index contributed by atoms with van der Waals surface area (Å²) in [5.74, 6) is -1.78.